The molecule has 1 heterocycles. The van der Waals surface area contributed by atoms with Gasteiger partial charge in [0.05, 0.1) is 22.3 Å². The molecule has 31 heavy (non-hydrogen) atoms. The molecule has 4 aromatic rings. The number of benzene rings is 3. The first kappa shape index (κ1) is 21.2. The van der Waals surface area contributed by atoms with Crippen LogP contribution in [0.15, 0.2) is 82.7 Å². The van der Waals surface area contributed by atoms with E-state index in [1.807, 2.05) is 36.4 Å². The summed E-state index contributed by atoms with van der Waals surface area (Å²) in [6, 6.07) is 22.0. The maximum atomic E-state index is 13.3. The van der Waals surface area contributed by atoms with Gasteiger partial charge in [-0.25, -0.2) is 4.98 Å². The quantitative estimate of drug-likeness (QED) is 0.319. The Morgan fingerprint density at radius 3 is 2.58 bits per heavy atom. The smallest absolute Gasteiger partial charge is 0.266 e. The molecule has 0 unspecified atom stereocenters. The maximum absolute atomic E-state index is 13.3. The van der Waals surface area contributed by atoms with Crippen LogP contribution in [0.4, 0.5) is 5.69 Å². The zero-order chi connectivity index (χ0) is 21.8. The molecule has 0 radical (unpaired) electrons. The number of hydrogen-bond acceptors (Lipinski definition) is 4. The van der Waals surface area contributed by atoms with Crippen molar-refractivity contribution in [2.75, 3.05) is 11.1 Å². The van der Waals surface area contributed by atoms with E-state index in [0.717, 1.165) is 12.1 Å². The van der Waals surface area contributed by atoms with E-state index in [2.05, 4.69) is 17.2 Å². The number of fused-ring (bicyclic) bond motifs is 1. The summed E-state index contributed by atoms with van der Waals surface area (Å²) in [5, 5.41) is 4.37. The summed E-state index contributed by atoms with van der Waals surface area (Å²) in [5.41, 5.74) is 2.97. The van der Waals surface area contributed by atoms with E-state index in [9.17, 15) is 9.59 Å². The number of thioether (sulfide) groups is 1. The molecule has 0 spiro atoms. The second-order valence-electron chi connectivity index (χ2n) is 6.92. The van der Waals surface area contributed by atoms with Crippen LogP contribution in [-0.2, 0) is 11.2 Å². The van der Waals surface area contributed by atoms with Crippen LogP contribution in [0.3, 0.4) is 0 Å². The lowest BCUT2D eigenvalue weighted by molar-refractivity contribution is -0.113. The third kappa shape index (κ3) is 4.81. The molecule has 156 valence electrons. The fraction of sp³-hybridized carbons (Fsp3) is 0.125. The van der Waals surface area contributed by atoms with E-state index in [4.69, 9.17) is 11.6 Å². The van der Waals surface area contributed by atoms with Crippen molar-refractivity contribution in [3.8, 4) is 5.69 Å². The van der Waals surface area contributed by atoms with Gasteiger partial charge >= 0.3 is 0 Å². The number of hydrogen-bond donors (Lipinski definition) is 1. The van der Waals surface area contributed by atoms with Crippen molar-refractivity contribution in [1.29, 1.82) is 0 Å². The van der Waals surface area contributed by atoms with Gasteiger partial charge in [-0.2, -0.15) is 0 Å². The summed E-state index contributed by atoms with van der Waals surface area (Å²) < 4.78 is 1.57. The molecule has 0 bridgehead atoms. The number of aryl methyl sites for hydroxylation is 1. The lowest BCUT2D eigenvalue weighted by Gasteiger charge is -2.13. The molecule has 3 aromatic carbocycles. The molecule has 4 rings (SSSR count). The second kappa shape index (κ2) is 9.37. The van der Waals surface area contributed by atoms with Crippen molar-refractivity contribution in [1.82, 2.24) is 9.55 Å². The average molecular weight is 450 g/mol. The fourth-order valence-corrected chi connectivity index (χ4v) is 4.21. The monoisotopic (exact) mass is 449 g/mol. The molecule has 7 heteroatoms. The summed E-state index contributed by atoms with van der Waals surface area (Å²) in [7, 11) is 0. The van der Waals surface area contributed by atoms with E-state index in [0.29, 0.717) is 26.8 Å². The van der Waals surface area contributed by atoms with Gasteiger partial charge < -0.3 is 5.32 Å². The van der Waals surface area contributed by atoms with Crippen molar-refractivity contribution in [3.05, 3.63) is 93.7 Å². The average Bonchev–Trinajstić information content (AvgIpc) is 2.78. The van der Waals surface area contributed by atoms with Crippen molar-refractivity contribution in [2.24, 2.45) is 0 Å². The van der Waals surface area contributed by atoms with Crippen LogP contribution in [-0.4, -0.2) is 21.2 Å². The summed E-state index contributed by atoms with van der Waals surface area (Å²) in [4.78, 5) is 30.4. The number of para-hydroxylation sites is 1. The number of aromatic nitrogens is 2. The fourth-order valence-electron chi connectivity index (χ4n) is 3.21. The minimum absolute atomic E-state index is 0.102. The molecule has 0 fully saturated rings. The highest BCUT2D eigenvalue weighted by atomic mass is 35.5. The molecule has 0 saturated heterocycles. The number of rotatable bonds is 6. The Labute approximate surface area is 189 Å². The number of nitrogens with one attached hydrogen (secondary N) is 1. The highest BCUT2D eigenvalue weighted by molar-refractivity contribution is 7.99. The number of carbonyl (C=O) groups is 1. The van der Waals surface area contributed by atoms with Crippen LogP contribution in [0.1, 0.15) is 12.5 Å². The molecular formula is C24H20ClN3O2S. The summed E-state index contributed by atoms with van der Waals surface area (Å²) in [6.07, 6.45) is 0.913. The van der Waals surface area contributed by atoms with Crippen LogP contribution < -0.4 is 10.9 Å². The summed E-state index contributed by atoms with van der Waals surface area (Å²) >= 11 is 7.20. The highest BCUT2D eigenvalue weighted by Gasteiger charge is 2.15. The summed E-state index contributed by atoms with van der Waals surface area (Å²) in [5.74, 6) is -0.104. The number of halogens is 1. The number of anilines is 1. The third-order valence-electron chi connectivity index (χ3n) is 4.79. The standard InChI is InChI=1S/C24H20ClN3O2S/c1-2-16-10-12-19(13-11-16)28-23(30)20-8-3-4-9-21(20)27-24(28)31-15-22(29)26-18-7-5-6-17(25)14-18/h3-14H,2,15H2,1H3,(H,26,29). The predicted octanol–water partition coefficient (Wildman–Crippen LogP) is 5.33. The van der Waals surface area contributed by atoms with Gasteiger partial charge in [0.25, 0.3) is 5.56 Å². The van der Waals surface area contributed by atoms with Gasteiger partial charge in [-0.15, -0.1) is 0 Å². The second-order valence-corrected chi connectivity index (χ2v) is 8.30. The Balaban J connectivity index is 1.67. The van der Waals surface area contributed by atoms with Gasteiger partial charge in [0, 0.05) is 10.7 Å². The van der Waals surface area contributed by atoms with Crippen LogP contribution in [0, 0.1) is 0 Å². The minimum Gasteiger partial charge on any atom is -0.325 e. The molecule has 5 nitrogen and oxygen atoms in total. The molecule has 1 aromatic heterocycles. The van der Waals surface area contributed by atoms with Gasteiger partial charge in [-0.05, 0) is 54.4 Å². The normalized spacial score (nSPS) is 10.9. The Kier molecular flexibility index (Phi) is 6.39. The summed E-state index contributed by atoms with van der Waals surface area (Å²) in [6.45, 7) is 2.08. The molecule has 0 aliphatic rings. The SMILES string of the molecule is CCc1ccc(-n2c(SCC(=O)Nc3cccc(Cl)c3)nc3ccccc3c2=O)cc1. The highest BCUT2D eigenvalue weighted by Crippen LogP contribution is 2.22. The van der Waals surface area contributed by atoms with Crippen molar-refractivity contribution < 1.29 is 4.79 Å². The van der Waals surface area contributed by atoms with E-state index in [1.165, 1.54) is 17.3 Å². The van der Waals surface area contributed by atoms with E-state index in [-0.39, 0.29) is 17.2 Å². The molecule has 0 saturated carbocycles. The van der Waals surface area contributed by atoms with E-state index < -0.39 is 0 Å². The van der Waals surface area contributed by atoms with Crippen molar-refractivity contribution in [2.45, 2.75) is 18.5 Å². The number of carbonyl (C=O) groups excluding carboxylic acids is 1. The van der Waals surface area contributed by atoms with E-state index >= 15 is 0 Å². The van der Waals surface area contributed by atoms with Crippen molar-refractivity contribution >= 4 is 45.9 Å². The van der Waals surface area contributed by atoms with Crippen LogP contribution in [0.2, 0.25) is 5.02 Å². The van der Waals surface area contributed by atoms with Crippen LogP contribution in [0.25, 0.3) is 16.6 Å². The van der Waals surface area contributed by atoms with Crippen LogP contribution >= 0.6 is 23.4 Å². The Morgan fingerprint density at radius 2 is 1.84 bits per heavy atom. The number of amides is 1. The Morgan fingerprint density at radius 1 is 1.06 bits per heavy atom. The Bertz CT molecular complexity index is 1300. The first-order valence-corrected chi connectivity index (χ1v) is 11.2. The van der Waals surface area contributed by atoms with Gasteiger partial charge in [-0.3, -0.25) is 14.2 Å². The zero-order valence-corrected chi connectivity index (χ0v) is 18.4. The minimum atomic E-state index is -0.206. The van der Waals surface area contributed by atoms with Gasteiger partial charge in [0.2, 0.25) is 5.91 Å². The predicted molar refractivity (Wildman–Crippen MR) is 128 cm³/mol. The lowest BCUT2D eigenvalue weighted by atomic mass is 10.1. The first-order chi connectivity index (χ1) is 15.0. The Hall–Kier alpha value is -3.09. The van der Waals surface area contributed by atoms with Crippen molar-refractivity contribution in [3.63, 3.8) is 0 Å². The topological polar surface area (TPSA) is 64.0 Å². The van der Waals surface area contributed by atoms with Gasteiger partial charge in [0.15, 0.2) is 5.16 Å². The molecule has 0 aliphatic heterocycles. The molecular weight excluding hydrogens is 430 g/mol. The van der Waals surface area contributed by atoms with Gasteiger partial charge in [-0.1, -0.05) is 60.6 Å². The largest absolute Gasteiger partial charge is 0.325 e. The molecule has 1 N–H and O–H groups in total. The van der Waals surface area contributed by atoms with Crippen LogP contribution in [0.5, 0.6) is 0 Å². The zero-order valence-electron chi connectivity index (χ0n) is 16.8. The maximum Gasteiger partial charge on any atom is 0.266 e. The lowest BCUT2D eigenvalue weighted by Crippen LogP contribution is -2.23. The first-order valence-electron chi connectivity index (χ1n) is 9.84. The molecule has 1 amide bonds. The molecule has 0 aliphatic carbocycles. The number of nitrogens with zero attached hydrogens (tertiary/aromatic N) is 2. The molecule has 0 atom stereocenters. The third-order valence-corrected chi connectivity index (χ3v) is 5.96. The van der Waals surface area contributed by atoms with E-state index in [1.54, 1.807) is 41.0 Å². The van der Waals surface area contributed by atoms with Gasteiger partial charge in [0.1, 0.15) is 0 Å².